The molecule has 10 heteroatoms. The van der Waals surface area contributed by atoms with Crippen LogP contribution in [0.2, 0.25) is 0 Å². The zero-order valence-electron chi connectivity index (χ0n) is 17.4. The van der Waals surface area contributed by atoms with Gasteiger partial charge in [0.05, 0.1) is 11.1 Å². The average Bonchev–Trinajstić information content (AvgIpc) is 2.79. The molecule has 0 aliphatic carbocycles. The highest BCUT2D eigenvalue weighted by molar-refractivity contribution is 5.94. The van der Waals surface area contributed by atoms with Crippen molar-refractivity contribution in [2.24, 2.45) is 0 Å². The number of carbonyl (C=O) groups is 2. The normalized spacial score (nSPS) is 10.9. The molecule has 0 aliphatic heterocycles. The van der Waals surface area contributed by atoms with Gasteiger partial charge < -0.3 is 9.47 Å². The minimum Gasteiger partial charge on any atom is -0.423 e. The van der Waals surface area contributed by atoms with Gasteiger partial charge in [0.1, 0.15) is 11.6 Å². The van der Waals surface area contributed by atoms with Crippen LogP contribution >= 0.6 is 0 Å². The number of benzene rings is 2. The van der Waals surface area contributed by atoms with Gasteiger partial charge in [-0.2, -0.15) is 13.2 Å². The molecule has 174 valence electrons. The number of esters is 2. The number of rotatable bonds is 7. The molecule has 0 amide bonds. The van der Waals surface area contributed by atoms with Crippen LogP contribution in [0, 0.1) is 5.82 Å². The lowest BCUT2D eigenvalue weighted by Crippen LogP contribution is -2.18. The first-order chi connectivity index (χ1) is 16.1. The maximum atomic E-state index is 14.2. The Bertz CT molecular complexity index is 1240. The van der Waals surface area contributed by atoms with Crippen LogP contribution in [-0.2, 0) is 11.2 Å². The van der Waals surface area contributed by atoms with Crippen molar-refractivity contribution in [2.45, 2.75) is 12.6 Å². The summed E-state index contributed by atoms with van der Waals surface area (Å²) in [4.78, 5) is 32.6. The molecule has 0 unspecified atom stereocenters. The quantitative estimate of drug-likeness (QED) is 0.149. The minimum absolute atomic E-state index is 0.141. The van der Waals surface area contributed by atoms with Crippen LogP contribution in [0.3, 0.4) is 0 Å². The Morgan fingerprint density at radius 1 is 1.00 bits per heavy atom. The van der Waals surface area contributed by atoms with Gasteiger partial charge in [-0.05, 0) is 54.4 Å². The number of halogens is 4. The fourth-order valence-corrected chi connectivity index (χ4v) is 2.65. The summed E-state index contributed by atoms with van der Waals surface area (Å²) in [7, 11) is 0. The molecule has 0 saturated heterocycles. The van der Waals surface area contributed by atoms with E-state index < -0.39 is 35.3 Å². The van der Waals surface area contributed by atoms with Crippen molar-refractivity contribution in [3.05, 3.63) is 102 Å². The molecule has 0 spiro atoms. The molecule has 0 atom stereocenters. The summed E-state index contributed by atoms with van der Waals surface area (Å²) < 4.78 is 60.7. The predicted octanol–water partition coefficient (Wildman–Crippen LogP) is 5.46. The average molecular weight is 472 g/mol. The lowest BCUT2D eigenvalue weighted by Gasteiger charge is -2.11. The second kappa shape index (κ2) is 10.1. The van der Waals surface area contributed by atoms with Crippen LogP contribution in [0.15, 0.2) is 79.9 Å². The predicted molar refractivity (Wildman–Crippen MR) is 113 cm³/mol. The first-order valence-corrected chi connectivity index (χ1v) is 9.60. The number of aromatic nitrogens is 2. The van der Waals surface area contributed by atoms with Crippen LogP contribution < -0.4 is 4.74 Å². The molecule has 0 bridgehead atoms. The van der Waals surface area contributed by atoms with Crippen LogP contribution in [0.25, 0.3) is 11.4 Å². The van der Waals surface area contributed by atoms with Crippen molar-refractivity contribution < 1.29 is 36.6 Å². The molecule has 1 aromatic heterocycles. The van der Waals surface area contributed by atoms with Crippen molar-refractivity contribution >= 4 is 11.9 Å². The lowest BCUT2D eigenvalue weighted by atomic mass is 10.1. The zero-order valence-corrected chi connectivity index (χ0v) is 17.4. The summed E-state index contributed by atoms with van der Waals surface area (Å²) in [6, 6.07) is 8.71. The Labute approximate surface area is 191 Å². The number of carbonyl (C=O) groups excluding carboxylic acids is 2. The Hall–Kier alpha value is -4.34. The molecule has 0 radical (unpaired) electrons. The number of hydrogen-bond donors (Lipinski definition) is 0. The third-order valence-corrected chi connectivity index (χ3v) is 4.37. The number of hydrogen-bond acceptors (Lipinski definition) is 6. The molecular weight excluding hydrogens is 456 g/mol. The lowest BCUT2D eigenvalue weighted by molar-refractivity contribution is -0.122. The third kappa shape index (κ3) is 5.91. The van der Waals surface area contributed by atoms with Crippen LogP contribution in [0.5, 0.6) is 5.75 Å². The topological polar surface area (TPSA) is 78.4 Å². The molecule has 0 aliphatic rings. The van der Waals surface area contributed by atoms with Gasteiger partial charge in [-0.25, -0.2) is 23.9 Å². The highest BCUT2D eigenvalue weighted by Crippen LogP contribution is 2.26. The van der Waals surface area contributed by atoms with Crippen LogP contribution in [0.4, 0.5) is 17.6 Å². The second-order valence-electron chi connectivity index (χ2n) is 6.83. The van der Waals surface area contributed by atoms with Gasteiger partial charge in [-0.1, -0.05) is 12.7 Å². The molecule has 34 heavy (non-hydrogen) atoms. The van der Waals surface area contributed by atoms with Gasteiger partial charge in [-0.15, -0.1) is 6.58 Å². The van der Waals surface area contributed by atoms with E-state index in [0.717, 1.165) is 17.7 Å². The zero-order chi connectivity index (χ0) is 24.9. The summed E-state index contributed by atoms with van der Waals surface area (Å²) in [5.74, 6) is -5.00. The van der Waals surface area contributed by atoms with Crippen molar-refractivity contribution in [3.8, 4) is 17.1 Å². The molecule has 3 aromatic rings. The van der Waals surface area contributed by atoms with E-state index in [-0.39, 0.29) is 11.3 Å². The summed E-state index contributed by atoms with van der Waals surface area (Å²) in [6.07, 6.45) is 0.737. The van der Waals surface area contributed by atoms with Gasteiger partial charge >= 0.3 is 18.1 Å². The summed E-state index contributed by atoms with van der Waals surface area (Å²) in [6.45, 7) is 6.22. The molecule has 0 fully saturated rings. The Kier molecular flexibility index (Phi) is 7.20. The van der Waals surface area contributed by atoms with Crippen molar-refractivity contribution in [2.75, 3.05) is 0 Å². The van der Waals surface area contributed by atoms with Gasteiger partial charge in [0.2, 0.25) is 5.76 Å². The Balaban J connectivity index is 1.67. The number of alkyl halides is 3. The minimum atomic E-state index is -4.98. The molecule has 0 N–H and O–H groups in total. The van der Waals surface area contributed by atoms with E-state index >= 15 is 0 Å². The Morgan fingerprint density at radius 2 is 1.65 bits per heavy atom. The van der Waals surface area contributed by atoms with E-state index in [9.17, 15) is 27.2 Å². The van der Waals surface area contributed by atoms with Crippen molar-refractivity contribution in [1.82, 2.24) is 9.97 Å². The second-order valence-corrected chi connectivity index (χ2v) is 6.83. The number of nitrogens with zero attached hydrogens (tertiary/aromatic N) is 2. The van der Waals surface area contributed by atoms with Gasteiger partial charge in [0, 0.05) is 18.0 Å². The van der Waals surface area contributed by atoms with Gasteiger partial charge in [0.25, 0.3) is 0 Å². The number of allylic oxidation sites excluding steroid dienone is 2. The van der Waals surface area contributed by atoms with Gasteiger partial charge in [0.15, 0.2) is 5.82 Å². The molecule has 3 rings (SSSR count). The van der Waals surface area contributed by atoms with Crippen LogP contribution in [-0.4, -0.2) is 28.1 Å². The molecule has 1 heterocycles. The van der Waals surface area contributed by atoms with Crippen molar-refractivity contribution in [3.63, 3.8) is 0 Å². The molecular formula is C24H16F4N2O4. The monoisotopic (exact) mass is 472 g/mol. The van der Waals surface area contributed by atoms with E-state index in [4.69, 9.17) is 4.74 Å². The van der Waals surface area contributed by atoms with E-state index in [1.807, 2.05) is 0 Å². The Morgan fingerprint density at radius 3 is 2.21 bits per heavy atom. The molecule has 2 aromatic carbocycles. The maximum Gasteiger partial charge on any atom is 0.449 e. The molecule has 0 saturated carbocycles. The fraction of sp³-hybridized carbons (Fsp3) is 0.0833. The maximum absolute atomic E-state index is 14.2. The standard InChI is InChI=1S/C24H16F4N2O4/c1-3-4-15-12-29-21(30-13-15)16-5-8-18(9-6-16)34-22(31)17-7-10-19(20(25)11-17)23(32)33-14(2)24(26,27)28/h3,5-13H,1-2,4H2. The van der Waals surface area contributed by atoms with Gasteiger partial charge in [-0.3, -0.25) is 0 Å². The first-order valence-electron chi connectivity index (χ1n) is 9.60. The molecule has 6 nitrogen and oxygen atoms in total. The SMILES string of the molecule is C=CCc1cnc(-c2ccc(OC(=O)c3ccc(C(=O)OC(=C)C(F)(F)F)c(F)c3)cc2)nc1. The number of ether oxygens (including phenoxy) is 2. The largest absolute Gasteiger partial charge is 0.449 e. The third-order valence-electron chi connectivity index (χ3n) is 4.37. The summed E-state index contributed by atoms with van der Waals surface area (Å²) in [5, 5.41) is 0. The van der Waals surface area contributed by atoms with E-state index in [2.05, 4.69) is 27.9 Å². The van der Waals surface area contributed by atoms with E-state index in [1.54, 1.807) is 30.6 Å². The summed E-state index contributed by atoms with van der Waals surface area (Å²) >= 11 is 0. The highest BCUT2D eigenvalue weighted by Gasteiger charge is 2.36. The van der Waals surface area contributed by atoms with E-state index in [0.29, 0.717) is 23.9 Å². The smallest absolute Gasteiger partial charge is 0.423 e. The van der Waals surface area contributed by atoms with E-state index in [1.165, 1.54) is 12.1 Å². The van der Waals surface area contributed by atoms with Crippen molar-refractivity contribution in [1.29, 1.82) is 0 Å². The first kappa shape index (κ1) is 24.3. The summed E-state index contributed by atoms with van der Waals surface area (Å²) in [5.41, 5.74) is 0.500. The highest BCUT2D eigenvalue weighted by atomic mass is 19.4. The fourth-order valence-electron chi connectivity index (χ4n) is 2.65. The van der Waals surface area contributed by atoms with Crippen LogP contribution in [0.1, 0.15) is 26.3 Å².